The normalized spacial score (nSPS) is 13.9. The Labute approximate surface area is 269 Å². The molecule has 1 saturated heterocycles. The third kappa shape index (κ3) is 5.89. The second kappa shape index (κ2) is 12.6. The predicted molar refractivity (Wildman–Crippen MR) is 176 cm³/mol. The number of rotatable bonds is 7. The van der Waals surface area contributed by atoms with Crippen molar-refractivity contribution in [1.29, 1.82) is 0 Å². The summed E-state index contributed by atoms with van der Waals surface area (Å²) in [4.78, 5) is 66.7. The van der Waals surface area contributed by atoms with Crippen molar-refractivity contribution in [2.45, 2.75) is 52.5 Å². The SMILES string of the molecule is CC(C)C(=O)N1CCC(c2cc(-c3ccc(NC(=O)c4cn(C(C)C)c(=O)n(-c5ncccn5)c4=O)cc3)c3c(N)ncnn23)CC1. The molecule has 2 amide bonds. The van der Waals surface area contributed by atoms with Gasteiger partial charge in [-0.25, -0.2) is 24.3 Å². The molecule has 5 aromatic rings. The van der Waals surface area contributed by atoms with E-state index in [4.69, 9.17) is 5.73 Å². The molecule has 0 bridgehead atoms. The first-order chi connectivity index (χ1) is 22.5. The van der Waals surface area contributed by atoms with Crippen LogP contribution in [0.5, 0.6) is 0 Å². The summed E-state index contributed by atoms with van der Waals surface area (Å²) in [7, 11) is 0. The summed E-state index contributed by atoms with van der Waals surface area (Å²) >= 11 is 0. The molecule has 1 aliphatic heterocycles. The minimum absolute atomic E-state index is 0.0371. The van der Waals surface area contributed by atoms with E-state index in [1.165, 1.54) is 29.5 Å². The van der Waals surface area contributed by atoms with Crippen molar-refractivity contribution in [2.24, 2.45) is 5.92 Å². The fourth-order valence-corrected chi connectivity index (χ4v) is 5.98. The van der Waals surface area contributed by atoms with Crippen molar-refractivity contribution in [3.8, 4) is 17.1 Å². The van der Waals surface area contributed by atoms with Crippen LogP contribution in [0.4, 0.5) is 11.5 Å². The molecule has 1 aromatic carbocycles. The molecule has 0 aliphatic carbocycles. The van der Waals surface area contributed by atoms with Crippen LogP contribution in [-0.4, -0.2) is 63.5 Å². The van der Waals surface area contributed by atoms with Gasteiger partial charge in [0.2, 0.25) is 11.9 Å². The van der Waals surface area contributed by atoms with Gasteiger partial charge in [-0.1, -0.05) is 26.0 Å². The number of hydrogen-bond donors (Lipinski definition) is 2. The van der Waals surface area contributed by atoms with Gasteiger partial charge in [-0.2, -0.15) is 9.67 Å². The van der Waals surface area contributed by atoms with Gasteiger partial charge in [0.05, 0.1) is 0 Å². The zero-order chi connectivity index (χ0) is 33.4. The summed E-state index contributed by atoms with van der Waals surface area (Å²) in [6, 6.07) is 10.4. The largest absolute Gasteiger partial charge is 0.382 e. The fraction of sp³-hybridized carbons (Fsp3) is 0.333. The van der Waals surface area contributed by atoms with Crippen molar-refractivity contribution in [2.75, 3.05) is 24.1 Å². The number of nitrogens with zero attached hydrogens (tertiary/aromatic N) is 8. The highest BCUT2D eigenvalue weighted by Gasteiger charge is 2.29. The number of nitrogens with one attached hydrogen (secondary N) is 1. The van der Waals surface area contributed by atoms with E-state index in [0.29, 0.717) is 30.1 Å². The van der Waals surface area contributed by atoms with Crippen LogP contribution in [0.25, 0.3) is 22.6 Å². The number of carbonyl (C=O) groups is 2. The van der Waals surface area contributed by atoms with Crippen LogP contribution in [0.2, 0.25) is 0 Å². The van der Waals surface area contributed by atoms with E-state index in [1.807, 2.05) is 35.4 Å². The van der Waals surface area contributed by atoms with Crippen LogP contribution in [0.1, 0.15) is 68.5 Å². The summed E-state index contributed by atoms with van der Waals surface area (Å²) in [6.45, 7) is 8.74. The molecule has 242 valence electrons. The molecule has 47 heavy (non-hydrogen) atoms. The first-order valence-corrected chi connectivity index (χ1v) is 15.5. The molecule has 3 N–H and O–H groups in total. The third-order valence-electron chi connectivity index (χ3n) is 8.45. The summed E-state index contributed by atoms with van der Waals surface area (Å²) in [5.74, 6) is -0.152. The Morgan fingerprint density at radius 3 is 2.30 bits per heavy atom. The molecule has 1 fully saturated rings. The molecule has 4 aromatic heterocycles. The highest BCUT2D eigenvalue weighted by atomic mass is 16.2. The number of fused-ring (bicyclic) bond motifs is 1. The molecular weight excluding hydrogens is 600 g/mol. The highest BCUT2D eigenvalue weighted by molar-refractivity contribution is 6.04. The fourth-order valence-electron chi connectivity index (χ4n) is 5.98. The van der Waals surface area contributed by atoms with E-state index in [0.717, 1.165) is 34.2 Å². The summed E-state index contributed by atoms with van der Waals surface area (Å²) < 4.78 is 3.93. The Balaban J connectivity index is 1.28. The van der Waals surface area contributed by atoms with Gasteiger partial charge in [0.15, 0.2) is 5.82 Å². The maximum Gasteiger partial charge on any atom is 0.338 e. The first-order valence-electron chi connectivity index (χ1n) is 15.5. The van der Waals surface area contributed by atoms with Crippen molar-refractivity contribution in [3.63, 3.8) is 0 Å². The second-order valence-corrected chi connectivity index (χ2v) is 12.2. The lowest BCUT2D eigenvalue weighted by Gasteiger charge is -2.33. The van der Waals surface area contributed by atoms with Crippen molar-refractivity contribution in [3.05, 3.63) is 93.4 Å². The lowest BCUT2D eigenvalue weighted by molar-refractivity contribution is -0.135. The second-order valence-electron chi connectivity index (χ2n) is 12.2. The Kier molecular flexibility index (Phi) is 8.41. The molecule has 14 nitrogen and oxygen atoms in total. The highest BCUT2D eigenvalue weighted by Crippen LogP contribution is 2.37. The lowest BCUT2D eigenvalue weighted by atomic mass is 9.92. The summed E-state index contributed by atoms with van der Waals surface area (Å²) in [5, 5.41) is 7.30. The van der Waals surface area contributed by atoms with Crippen molar-refractivity contribution < 1.29 is 9.59 Å². The standard InChI is InChI=1S/C33H36N10O4/c1-19(2)30(45)40-14-10-22(11-15-40)26-16-24(27-28(34)37-18-38-43(26)27)21-6-8-23(9-7-21)39-29(44)25-17-41(20(3)4)33(47)42(31(25)46)32-35-12-5-13-36-32/h5-9,12-13,16-20,22H,10-11,14-15H2,1-4H3,(H,39,44)(H2,34,37,38). The molecule has 5 heterocycles. The number of nitrogens with two attached hydrogens (primary N) is 1. The van der Waals surface area contributed by atoms with Crippen LogP contribution < -0.4 is 22.3 Å². The van der Waals surface area contributed by atoms with Gasteiger partial charge in [-0.15, -0.1) is 0 Å². The van der Waals surface area contributed by atoms with E-state index in [1.54, 1.807) is 32.0 Å². The Morgan fingerprint density at radius 1 is 0.979 bits per heavy atom. The Hall–Kier alpha value is -5.66. The van der Waals surface area contributed by atoms with Gasteiger partial charge < -0.3 is 16.0 Å². The number of nitrogen functional groups attached to an aromatic ring is 1. The Morgan fingerprint density at radius 2 is 1.66 bits per heavy atom. The number of benzene rings is 1. The van der Waals surface area contributed by atoms with Crippen LogP contribution >= 0.6 is 0 Å². The minimum atomic E-state index is -0.824. The maximum atomic E-state index is 13.4. The molecule has 6 rings (SSSR count). The number of aromatic nitrogens is 7. The molecule has 14 heteroatoms. The zero-order valence-corrected chi connectivity index (χ0v) is 26.6. The third-order valence-corrected chi connectivity index (χ3v) is 8.45. The Bertz CT molecular complexity index is 2070. The van der Waals surface area contributed by atoms with Gasteiger partial charge >= 0.3 is 5.69 Å². The molecular formula is C33H36N10O4. The molecule has 1 aliphatic rings. The predicted octanol–water partition coefficient (Wildman–Crippen LogP) is 3.28. The number of amides is 2. The van der Waals surface area contributed by atoms with Gasteiger partial charge in [-0.05, 0) is 56.5 Å². The smallest absolute Gasteiger partial charge is 0.338 e. The maximum absolute atomic E-state index is 13.4. The number of likely N-dealkylation sites (tertiary alicyclic amines) is 1. The van der Waals surface area contributed by atoms with E-state index in [2.05, 4.69) is 31.4 Å². The molecule has 0 spiro atoms. The zero-order valence-electron chi connectivity index (χ0n) is 26.6. The van der Waals surface area contributed by atoms with Crippen LogP contribution in [0.15, 0.2) is 70.9 Å². The summed E-state index contributed by atoms with van der Waals surface area (Å²) in [5.41, 5.74) is 8.45. The topological polar surface area (TPSA) is 175 Å². The van der Waals surface area contributed by atoms with E-state index < -0.39 is 17.2 Å². The van der Waals surface area contributed by atoms with Gasteiger partial charge in [0.1, 0.15) is 17.4 Å². The van der Waals surface area contributed by atoms with E-state index >= 15 is 0 Å². The van der Waals surface area contributed by atoms with Crippen LogP contribution in [-0.2, 0) is 4.79 Å². The van der Waals surface area contributed by atoms with Gasteiger partial charge in [-0.3, -0.25) is 19.0 Å². The molecule has 0 atom stereocenters. The van der Waals surface area contributed by atoms with E-state index in [-0.39, 0.29) is 35.3 Å². The summed E-state index contributed by atoms with van der Waals surface area (Å²) in [6.07, 6.45) is 7.14. The van der Waals surface area contributed by atoms with Crippen molar-refractivity contribution >= 4 is 28.8 Å². The van der Waals surface area contributed by atoms with Gasteiger partial charge in [0, 0.05) is 66.5 Å². The number of hydrogen-bond acceptors (Lipinski definition) is 9. The number of anilines is 2. The van der Waals surface area contributed by atoms with Gasteiger partial charge in [0.25, 0.3) is 11.5 Å². The molecule has 0 saturated carbocycles. The monoisotopic (exact) mass is 636 g/mol. The van der Waals surface area contributed by atoms with Crippen LogP contribution in [0.3, 0.4) is 0 Å². The minimum Gasteiger partial charge on any atom is -0.382 e. The van der Waals surface area contributed by atoms with Crippen LogP contribution in [0, 0.1) is 5.92 Å². The molecule has 0 unspecified atom stereocenters. The van der Waals surface area contributed by atoms with E-state index in [9.17, 15) is 19.2 Å². The first kappa shape index (κ1) is 31.3. The average molecular weight is 637 g/mol. The number of piperidine rings is 1. The lowest BCUT2D eigenvalue weighted by Crippen LogP contribution is -2.43. The number of carbonyl (C=O) groups excluding carboxylic acids is 2. The average Bonchev–Trinajstić information content (AvgIpc) is 3.46. The van der Waals surface area contributed by atoms with Crippen molar-refractivity contribution in [1.82, 2.24) is 38.6 Å². The molecule has 0 radical (unpaired) electrons. The quantitative estimate of drug-likeness (QED) is 0.272.